The molecule has 24 heavy (non-hydrogen) atoms. The zero-order valence-electron chi connectivity index (χ0n) is 14.1. The van der Waals surface area contributed by atoms with Crippen molar-refractivity contribution >= 4 is 5.96 Å². The zero-order chi connectivity index (χ0) is 17.2. The molecular weight excluding hydrogens is 309 g/mol. The molecular formula is C18H24FN3O2. The quantitative estimate of drug-likeness (QED) is 0.576. The van der Waals surface area contributed by atoms with Crippen molar-refractivity contribution in [2.45, 2.75) is 26.5 Å². The summed E-state index contributed by atoms with van der Waals surface area (Å²) >= 11 is 0. The third-order valence-corrected chi connectivity index (χ3v) is 3.42. The largest absolute Gasteiger partial charge is 0.469 e. The molecule has 0 aliphatic rings. The van der Waals surface area contributed by atoms with Crippen LogP contribution in [0, 0.1) is 5.82 Å². The summed E-state index contributed by atoms with van der Waals surface area (Å²) in [6.07, 6.45) is 2.45. The molecule has 2 rings (SSSR count). The number of benzene rings is 1. The third kappa shape index (κ3) is 5.70. The number of rotatable bonds is 8. The second kappa shape index (κ2) is 9.72. The number of furan rings is 1. The standard InChI is InChI=1S/C18H24FN3O2/c1-3-20-18(21-9-8-16-5-4-10-24-16)22-12-14-6-7-17(19)15(11-14)13-23-2/h4-7,10-11H,3,8-9,12-13H2,1-2H3,(H2,20,21,22). The molecule has 130 valence electrons. The van der Waals surface area contributed by atoms with Crippen molar-refractivity contribution in [3.63, 3.8) is 0 Å². The summed E-state index contributed by atoms with van der Waals surface area (Å²) in [6, 6.07) is 8.80. The van der Waals surface area contributed by atoms with Crippen LogP contribution in [-0.2, 0) is 24.3 Å². The number of guanidine groups is 1. The van der Waals surface area contributed by atoms with Gasteiger partial charge in [-0.05, 0) is 36.8 Å². The Bertz CT molecular complexity index is 642. The van der Waals surface area contributed by atoms with E-state index in [1.54, 1.807) is 25.5 Å². The summed E-state index contributed by atoms with van der Waals surface area (Å²) in [5.41, 5.74) is 1.48. The first kappa shape index (κ1) is 18.0. The van der Waals surface area contributed by atoms with E-state index in [1.807, 2.05) is 19.1 Å². The molecule has 0 radical (unpaired) electrons. The molecule has 1 aromatic heterocycles. The molecule has 0 atom stereocenters. The van der Waals surface area contributed by atoms with E-state index in [1.165, 1.54) is 6.07 Å². The molecule has 0 unspecified atom stereocenters. The van der Waals surface area contributed by atoms with Gasteiger partial charge in [0.05, 0.1) is 19.4 Å². The van der Waals surface area contributed by atoms with Gasteiger partial charge in [0.2, 0.25) is 0 Å². The fourth-order valence-corrected chi connectivity index (χ4v) is 2.26. The average Bonchev–Trinajstić information content (AvgIpc) is 3.09. The van der Waals surface area contributed by atoms with Gasteiger partial charge in [0.1, 0.15) is 11.6 Å². The predicted molar refractivity (Wildman–Crippen MR) is 92.3 cm³/mol. The van der Waals surface area contributed by atoms with Crippen LogP contribution >= 0.6 is 0 Å². The van der Waals surface area contributed by atoms with E-state index in [4.69, 9.17) is 9.15 Å². The first-order valence-electron chi connectivity index (χ1n) is 8.03. The summed E-state index contributed by atoms with van der Waals surface area (Å²) in [5, 5.41) is 6.45. The second-order valence-electron chi connectivity index (χ2n) is 5.31. The molecule has 0 saturated heterocycles. The summed E-state index contributed by atoms with van der Waals surface area (Å²) in [6.45, 7) is 4.22. The van der Waals surface area contributed by atoms with Crippen LogP contribution in [0.25, 0.3) is 0 Å². The van der Waals surface area contributed by atoms with Gasteiger partial charge in [-0.1, -0.05) is 6.07 Å². The normalized spacial score (nSPS) is 11.5. The monoisotopic (exact) mass is 333 g/mol. The maximum absolute atomic E-state index is 13.6. The van der Waals surface area contributed by atoms with Crippen molar-refractivity contribution in [1.82, 2.24) is 10.6 Å². The zero-order valence-corrected chi connectivity index (χ0v) is 14.1. The van der Waals surface area contributed by atoms with Crippen LogP contribution < -0.4 is 10.6 Å². The number of nitrogens with zero attached hydrogens (tertiary/aromatic N) is 1. The van der Waals surface area contributed by atoms with Crippen LogP contribution in [0.2, 0.25) is 0 Å². The SMILES string of the molecule is CCNC(=NCc1ccc(F)c(COC)c1)NCCc1ccco1. The lowest BCUT2D eigenvalue weighted by Gasteiger charge is -2.11. The van der Waals surface area contributed by atoms with Gasteiger partial charge in [-0.2, -0.15) is 0 Å². The van der Waals surface area contributed by atoms with Crippen molar-refractivity contribution in [1.29, 1.82) is 0 Å². The van der Waals surface area contributed by atoms with E-state index in [-0.39, 0.29) is 12.4 Å². The summed E-state index contributed by atoms with van der Waals surface area (Å²) in [7, 11) is 1.55. The molecule has 5 nitrogen and oxygen atoms in total. The van der Waals surface area contributed by atoms with E-state index < -0.39 is 0 Å². The lowest BCUT2D eigenvalue weighted by Crippen LogP contribution is -2.38. The molecule has 0 aliphatic carbocycles. The van der Waals surface area contributed by atoms with Crippen molar-refractivity contribution < 1.29 is 13.5 Å². The summed E-state index contributed by atoms with van der Waals surface area (Å²) < 4.78 is 23.9. The maximum Gasteiger partial charge on any atom is 0.191 e. The minimum Gasteiger partial charge on any atom is -0.469 e. The Morgan fingerprint density at radius 3 is 2.88 bits per heavy atom. The Balaban J connectivity index is 1.93. The van der Waals surface area contributed by atoms with Crippen LogP contribution in [0.5, 0.6) is 0 Å². The molecule has 0 bridgehead atoms. The van der Waals surface area contributed by atoms with Crippen molar-refractivity contribution in [3.8, 4) is 0 Å². The number of ether oxygens (including phenoxy) is 1. The highest BCUT2D eigenvalue weighted by molar-refractivity contribution is 5.79. The van der Waals surface area contributed by atoms with Gasteiger partial charge in [0, 0.05) is 32.2 Å². The fourth-order valence-electron chi connectivity index (χ4n) is 2.26. The Morgan fingerprint density at radius 2 is 2.17 bits per heavy atom. The van der Waals surface area contributed by atoms with Gasteiger partial charge >= 0.3 is 0 Å². The fraction of sp³-hybridized carbons (Fsp3) is 0.389. The highest BCUT2D eigenvalue weighted by atomic mass is 19.1. The smallest absolute Gasteiger partial charge is 0.191 e. The molecule has 1 aromatic carbocycles. The highest BCUT2D eigenvalue weighted by Gasteiger charge is 2.04. The second-order valence-corrected chi connectivity index (χ2v) is 5.31. The van der Waals surface area contributed by atoms with Gasteiger partial charge in [-0.15, -0.1) is 0 Å². The average molecular weight is 333 g/mol. The van der Waals surface area contributed by atoms with Crippen molar-refractivity contribution in [2.75, 3.05) is 20.2 Å². The van der Waals surface area contributed by atoms with Crippen LogP contribution in [0.3, 0.4) is 0 Å². The van der Waals surface area contributed by atoms with Gasteiger partial charge in [-0.25, -0.2) is 9.38 Å². The molecule has 6 heteroatoms. The Labute approximate surface area is 141 Å². The van der Waals surface area contributed by atoms with Crippen molar-refractivity contribution in [2.24, 2.45) is 4.99 Å². The van der Waals surface area contributed by atoms with E-state index in [0.717, 1.165) is 36.8 Å². The van der Waals surface area contributed by atoms with Crippen molar-refractivity contribution in [3.05, 3.63) is 59.3 Å². The first-order chi connectivity index (χ1) is 11.7. The Kier molecular flexibility index (Phi) is 7.29. The number of methoxy groups -OCH3 is 1. The number of halogens is 1. The highest BCUT2D eigenvalue weighted by Crippen LogP contribution is 2.12. The number of aliphatic imine (C=N–C) groups is 1. The van der Waals surface area contributed by atoms with E-state index >= 15 is 0 Å². The Morgan fingerprint density at radius 1 is 1.29 bits per heavy atom. The predicted octanol–water partition coefficient (Wildman–Crippen LogP) is 2.86. The van der Waals surface area contributed by atoms with E-state index in [2.05, 4.69) is 15.6 Å². The first-order valence-corrected chi connectivity index (χ1v) is 8.03. The van der Waals surface area contributed by atoms with E-state index in [0.29, 0.717) is 12.1 Å². The molecule has 0 aliphatic heterocycles. The summed E-state index contributed by atoms with van der Waals surface area (Å²) in [5.74, 6) is 1.40. The summed E-state index contributed by atoms with van der Waals surface area (Å²) in [4.78, 5) is 4.53. The molecule has 0 saturated carbocycles. The lowest BCUT2D eigenvalue weighted by molar-refractivity contribution is 0.181. The van der Waals surface area contributed by atoms with Crippen LogP contribution in [0.4, 0.5) is 4.39 Å². The number of nitrogens with one attached hydrogen (secondary N) is 2. The van der Waals surface area contributed by atoms with Crippen LogP contribution in [0.1, 0.15) is 23.8 Å². The molecule has 0 spiro atoms. The van der Waals surface area contributed by atoms with E-state index in [9.17, 15) is 4.39 Å². The lowest BCUT2D eigenvalue weighted by atomic mass is 10.1. The number of hydrogen-bond donors (Lipinski definition) is 2. The van der Waals surface area contributed by atoms with Crippen LogP contribution in [0.15, 0.2) is 46.0 Å². The van der Waals surface area contributed by atoms with Gasteiger partial charge in [-0.3, -0.25) is 0 Å². The van der Waals surface area contributed by atoms with Crippen LogP contribution in [-0.4, -0.2) is 26.2 Å². The molecule has 1 heterocycles. The minimum atomic E-state index is -0.256. The molecule has 2 aromatic rings. The number of hydrogen-bond acceptors (Lipinski definition) is 3. The van der Waals surface area contributed by atoms with Gasteiger partial charge in [0.25, 0.3) is 0 Å². The molecule has 2 N–H and O–H groups in total. The maximum atomic E-state index is 13.6. The minimum absolute atomic E-state index is 0.255. The Hall–Kier alpha value is -2.34. The van der Waals surface area contributed by atoms with Gasteiger partial charge < -0.3 is 19.8 Å². The van der Waals surface area contributed by atoms with Gasteiger partial charge in [0.15, 0.2) is 5.96 Å². The molecule has 0 amide bonds. The third-order valence-electron chi connectivity index (χ3n) is 3.42. The molecule has 0 fully saturated rings. The topological polar surface area (TPSA) is 58.8 Å².